The quantitative estimate of drug-likeness (QED) is 0.173. The third kappa shape index (κ3) is 6.09. The molecule has 0 radical (unpaired) electrons. The van der Waals surface area contributed by atoms with Crippen LogP contribution in [0.3, 0.4) is 0 Å². The molecule has 3 aromatic carbocycles. The number of amides is 2. The van der Waals surface area contributed by atoms with Crippen molar-refractivity contribution in [3.63, 3.8) is 0 Å². The summed E-state index contributed by atoms with van der Waals surface area (Å²) in [5.41, 5.74) is 7.58. The van der Waals surface area contributed by atoms with Gasteiger partial charge in [0.2, 0.25) is 11.8 Å². The monoisotopic (exact) mass is 590 g/mol. The highest BCUT2D eigenvalue weighted by atomic mass is 16.5. The second-order valence-electron chi connectivity index (χ2n) is 12.3. The molecule has 2 N–H and O–H groups in total. The molecule has 2 aliphatic heterocycles. The molecule has 2 heterocycles. The lowest BCUT2D eigenvalue weighted by atomic mass is 9.68. The van der Waals surface area contributed by atoms with Crippen molar-refractivity contribution in [3.8, 4) is 5.75 Å². The van der Waals surface area contributed by atoms with Crippen molar-refractivity contribution >= 4 is 35.0 Å². The minimum absolute atomic E-state index is 0.0251. The molecule has 6 heteroatoms. The number of allylic oxidation sites excluding steroid dienone is 2. The number of nitrogens with zero attached hydrogens (tertiary/aromatic N) is 1. The Bertz CT molecular complexity index is 1540. The van der Waals surface area contributed by atoms with Gasteiger partial charge in [0.25, 0.3) is 0 Å². The Kier molecular flexibility index (Phi) is 8.99. The molecule has 0 unspecified atom stereocenters. The van der Waals surface area contributed by atoms with Gasteiger partial charge in [-0.2, -0.15) is 0 Å². The summed E-state index contributed by atoms with van der Waals surface area (Å²) < 4.78 is 6.47. The summed E-state index contributed by atoms with van der Waals surface area (Å²) >= 11 is 0. The summed E-state index contributed by atoms with van der Waals surface area (Å²) in [4.78, 5) is 29.3. The zero-order chi connectivity index (χ0) is 30.6. The lowest BCUT2D eigenvalue weighted by Crippen LogP contribution is -2.34. The van der Waals surface area contributed by atoms with Crippen molar-refractivity contribution in [1.29, 1.82) is 0 Å². The van der Waals surface area contributed by atoms with E-state index in [0.717, 1.165) is 55.5 Å². The predicted octanol–water partition coefficient (Wildman–Crippen LogP) is 8.42. The van der Waals surface area contributed by atoms with Gasteiger partial charge >= 0.3 is 0 Å². The molecule has 2 fully saturated rings. The highest BCUT2D eigenvalue weighted by Crippen LogP contribution is 2.51. The Morgan fingerprint density at radius 3 is 2.32 bits per heavy atom. The molecular formula is C38H42N2O4. The number of fused-ring (bicyclic) bond motifs is 3. The maximum atomic E-state index is 14.0. The third-order valence-corrected chi connectivity index (χ3v) is 9.31. The second-order valence-corrected chi connectivity index (χ2v) is 12.3. The van der Waals surface area contributed by atoms with E-state index in [0.29, 0.717) is 18.7 Å². The summed E-state index contributed by atoms with van der Waals surface area (Å²) in [6.07, 6.45) is 8.61. The highest BCUT2D eigenvalue weighted by molar-refractivity contribution is 6.22. The van der Waals surface area contributed by atoms with Crippen LogP contribution >= 0.6 is 0 Å². The Morgan fingerprint density at radius 2 is 1.61 bits per heavy atom. The van der Waals surface area contributed by atoms with E-state index in [1.807, 2.05) is 66.7 Å². The van der Waals surface area contributed by atoms with Gasteiger partial charge in [-0.3, -0.25) is 14.5 Å². The Hall–Kier alpha value is -4.16. The number of anilines is 3. The van der Waals surface area contributed by atoms with Crippen LogP contribution < -0.4 is 10.2 Å². The number of ether oxygens (including phenoxy) is 1. The summed E-state index contributed by atoms with van der Waals surface area (Å²) in [6.45, 7) is 4.86. The van der Waals surface area contributed by atoms with E-state index in [1.165, 1.54) is 21.6 Å². The van der Waals surface area contributed by atoms with Gasteiger partial charge in [0.1, 0.15) is 5.75 Å². The number of hydrogen-bond acceptors (Lipinski definition) is 5. The molecule has 44 heavy (non-hydrogen) atoms. The fraction of sp³-hybridized carbons (Fsp3) is 0.368. The highest BCUT2D eigenvalue weighted by Gasteiger charge is 2.57. The van der Waals surface area contributed by atoms with Gasteiger partial charge in [-0.25, -0.2) is 0 Å². The molecule has 6 rings (SSSR count). The molecule has 3 aliphatic rings. The van der Waals surface area contributed by atoms with Crippen LogP contribution in [-0.2, 0) is 14.3 Å². The van der Waals surface area contributed by atoms with Crippen molar-refractivity contribution < 1.29 is 19.4 Å². The van der Waals surface area contributed by atoms with Gasteiger partial charge in [0, 0.05) is 17.3 Å². The van der Waals surface area contributed by atoms with E-state index in [1.54, 1.807) is 12.1 Å². The van der Waals surface area contributed by atoms with E-state index in [2.05, 4.69) is 25.2 Å². The summed E-state index contributed by atoms with van der Waals surface area (Å²) in [6, 6.07) is 24.8. The van der Waals surface area contributed by atoms with Gasteiger partial charge in [0.15, 0.2) is 0 Å². The smallest absolute Gasteiger partial charge is 0.238 e. The maximum Gasteiger partial charge on any atom is 0.238 e. The van der Waals surface area contributed by atoms with Crippen LogP contribution in [0.5, 0.6) is 5.75 Å². The second kappa shape index (κ2) is 13.2. The van der Waals surface area contributed by atoms with Crippen LogP contribution in [0.1, 0.15) is 64.4 Å². The first-order chi connectivity index (χ1) is 21.5. The SMILES string of the molecule is CCCC1=C2[C@@H](CC/C(=C/c3ccc(O)cc3)CCC)OC[C@@H]2[C@@H]2C(=O)N(c3ccc(Nc4ccccc4)cc3)C(=O)[C@@H]2C1. The molecule has 228 valence electrons. The Balaban J connectivity index is 1.19. The molecular weight excluding hydrogens is 548 g/mol. The molecule has 0 spiro atoms. The van der Waals surface area contributed by atoms with E-state index in [4.69, 9.17) is 4.74 Å². The zero-order valence-electron chi connectivity index (χ0n) is 25.7. The minimum atomic E-state index is -0.368. The molecule has 2 saturated heterocycles. The molecule has 0 bridgehead atoms. The van der Waals surface area contributed by atoms with E-state index in [-0.39, 0.29) is 41.4 Å². The van der Waals surface area contributed by atoms with Crippen LogP contribution in [0.25, 0.3) is 6.08 Å². The molecule has 2 amide bonds. The normalized spacial score (nSPS) is 23.2. The number of hydrogen-bond donors (Lipinski definition) is 2. The minimum Gasteiger partial charge on any atom is -0.508 e. The summed E-state index contributed by atoms with van der Waals surface area (Å²) in [5, 5.41) is 13.0. The van der Waals surface area contributed by atoms with Crippen LogP contribution in [0.2, 0.25) is 0 Å². The van der Waals surface area contributed by atoms with Crippen LogP contribution in [-0.4, -0.2) is 29.6 Å². The average molecular weight is 591 g/mol. The lowest BCUT2D eigenvalue weighted by Gasteiger charge is -2.32. The van der Waals surface area contributed by atoms with Crippen LogP contribution in [0, 0.1) is 17.8 Å². The number of benzene rings is 3. The fourth-order valence-electron chi connectivity index (χ4n) is 7.36. The first-order valence-corrected chi connectivity index (χ1v) is 16.1. The number of phenolic OH excluding ortho intramolecular Hbond substituents is 1. The zero-order valence-corrected chi connectivity index (χ0v) is 25.7. The van der Waals surface area contributed by atoms with Crippen molar-refractivity contribution in [2.45, 2.75) is 64.9 Å². The van der Waals surface area contributed by atoms with E-state index < -0.39 is 0 Å². The maximum absolute atomic E-state index is 14.0. The number of aromatic hydroxyl groups is 1. The van der Waals surface area contributed by atoms with Gasteiger partial charge in [-0.05, 0) is 91.8 Å². The number of imide groups is 1. The van der Waals surface area contributed by atoms with Gasteiger partial charge in [-0.1, -0.05) is 74.2 Å². The Labute approximate surface area is 260 Å². The largest absolute Gasteiger partial charge is 0.508 e. The van der Waals surface area contributed by atoms with Gasteiger partial charge < -0.3 is 15.2 Å². The number of rotatable bonds is 11. The first kappa shape index (κ1) is 29.9. The number of nitrogens with one attached hydrogen (secondary N) is 1. The fourth-order valence-corrected chi connectivity index (χ4v) is 7.36. The van der Waals surface area contributed by atoms with Gasteiger partial charge in [0.05, 0.1) is 30.2 Å². The first-order valence-electron chi connectivity index (χ1n) is 16.1. The summed E-state index contributed by atoms with van der Waals surface area (Å²) in [5.74, 6) is -0.644. The number of carbonyl (C=O) groups is 2. The van der Waals surface area contributed by atoms with Gasteiger partial charge in [-0.15, -0.1) is 0 Å². The Morgan fingerprint density at radius 1 is 0.886 bits per heavy atom. The number of carbonyl (C=O) groups excluding carboxylic acids is 2. The predicted molar refractivity (Wildman–Crippen MR) is 176 cm³/mol. The lowest BCUT2D eigenvalue weighted by molar-refractivity contribution is -0.122. The van der Waals surface area contributed by atoms with E-state index >= 15 is 0 Å². The summed E-state index contributed by atoms with van der Waals surface area (Å²) in [7, 11) is 0. The number of para-hydroxylation sites is 1. The molecule has 0 saturated carbocycles. The molecule has 3 aromatic rings. The topological polar surface area (TPSA) is 78.9 Å². The van der Waals surface area contributed by atoms with Crippen LogP contribution in [0.15, 0.2) is 95.6 Å². The van der Waals surface area contributed by atoms with Crippen molar-refractivity contribution in [3.05, 3.63) is 101 Å². The molecule has 4 atom stereocenters. The molecule has 1 aliphatic carbocycles. The number of phenols is 1. The average Bonchev–Trinajstić information content (AvgIpc) is 3.56. The standard InChI is InChI=1S/C38H42N2O4/c1-3-8-25(22-26-12-19-31(41)20-13-26)14-21-34-35-27(9-4-2)23-32-36(33(35)24-44-34)38(43)40(37(32)42)30-17-15-29(16-18-30)39-28-10-6-5-7-11-28/h5-7,10-13,15-20,22,32-34,36,39,41H,3-4,8-9,14,21,23-24H2,1-2H3/b25-22+/t32-,33+,34-,36-/m1/s1. The molecule has 6 nitrogen and oxygen atoms in total. The van der Waals surface area contributed by atoms with Crippen molar-refractivity contribution in [2.75, 3.05) is 16.8 Å². The van der Waals surface area contributed by atoms with E-state index in [9.17, 15) is 14.7 Å². The third-order valence-electron chi connectivity index (χ3n) is 9.31. The van der Waals surface area contributed by atoms with Crippen molar-refractivity contribution in [2.24, 2.45) is 17.8 Å². The van der Waals surface area contributed by atoms with Crippen molar-refractivity contribution in [1.82, 2.24) is 0 Å². The molecule has 0 aromatic heterocycles. The van der Waals surface area contributed by atoms with Crippen LogP contribution in [0.4, 0.5) is 17.1 Å².